The average molecular weight is 367 g/mol. The summed E-state index contributed by atoms with van der Waals surface area (Å²) >= 11 is 0. The predicted molar refractivity (Wildman–Crippen MR) is 94.6 cm³/mol. The average Bonchev–Trinajstić information content (AvgIpc) is 3.06. The molecule has 0 radical (unpaired) electrons. The van der Waals surface area contributed by atoms with Gasteiger partial charge in [-0.15, -0.1) is 0 Å². The summed E-state index contributed by atoms with van der Waals surface area (Å²) in [6, 6.07) is 6.31. The molecule has 1 amide bonds. The number of carbonyl (C=O) groups excluding carboxylic acids is 1. The number of pyridine rings is 2. The molecule has 0 aromatic carbocycles. The molecule has 138 valence electrons. The molecular weight excluding hydrogens is 349 g/mol. The van der Waals surface area contributed by atoms with Gasteiger partial charge in [-0.25, -0.2) is 4.98 Å². The highest BCUT2D eigenvalue weighted by Crippen LogP contribution is 2.29. The molecule has 7 nitrogen and oxygen atoms in total. The monoisotopic (exact) mass is 367 g/mol. The smallest absolute Gasteiger partial charge is 0.254 e. The van der Waals surface area contributed by atoms with Crippen molar-refractivity contribution in [3.05, 3.63) is 71.8 Å². The van der Waals surface area contributed by atoms with Crippen LogP contribution in [-0.2, 0) is 13.6 Å². The van der Waals surface area contributed by atoms with Crippen LogP contribution < -0.4 is 4.74 Å². The van der Waals surface area contributed by atoms with Crippen molar-refractivity contribution >= 4 is 5.91 Å². The molecule has 0 aliphatic carbocycles. The molecule has 8 heteroatoms. The highest BCUT2D eigenvalue weighted by Gasteiger charge is 2.32. The van der Waals surface area contributed by atoms with Crippen LogP contribution in [0.5, 0.6) is 5.75 Å². The molecule has 0 fully saturated rings. The molecule has 3 aromatic rings. The molecule has 0 saturated heterocycles. The van der Waals surface area contributed by atoms with E-state index in [0.29, 0.717) is 25.4 Å². The van der Waals surface area contributed by atoms with E-state index < -0.39 is 5.95 Å². The van der Waals surface area contributed by atoms with Crippen molar-refractivity contribution in [2.75, 3.05) is 13.2 Å². The van der Waals surface area contributed by atoms with Gasteiger partial charge in [0.05, 0.1) is 24.4 Å². The van der Waals surface area contributed by atoms with Gasteiger partial charge in [-0.3, -0.25) is 14.5 Å². The number of halogens is 1. The summed E-state index contributed by atoms with van der Waals surface area (Å²) in [7, 11) is 1.85. The molecule has 0 bridgehead atoms. The fourth-order valence-corrected chi connectivity index (χ4v) is 3.28. The van der Waals surface area contributed by atoms with Crippen molar-refractivity contribution in [2.45, 2.75) is 12.5 Å². The Morgan fingerprint density at radius 1 is 1.37 bits per heavy atom. The van der Waals surface area contributed by atoms with E-state index in [-0.39, 0.29) is 17.4 Å². The van der Waals surface area contributed by atoms with Crippen molar-refractivity contribution in [1.82, 2.24) is 24.6 Å². The topological polar surface area (TPSA) is 73.1 Å². The van der Waals surface area contributed by atoms with Crippen LogP contribution in [0, 0.1) is 5.95 Å². The summed E-state index contributed by atoms with van der Waals surface area (Å²) in [6.45, 7) is 1.23. The minimum Gasteiger partial charge on any atom is -0.491 e. The number of aromatic nitrogens is 4. The zero-order valence-corrected chi connectivity index (χ0v) is 14.7. The van der Waals surface area contributed by atoms with E-state index in [1.54, 1.807) is 28.0 Å². The lowest BCUT2D eigenvalue weighted by Gasteiger charge is -2.32. The Morgan fingerprint density at radius 2 is 2.26 bits per heavy atom. The van der Waals surface area contributed by atoms with Gasteiger partial charge in [-0.05, 0) is 18.2 Å². The number of rotatable bonds is 4. The van der Waals surface area contributed by atoms with E-state index in [9.17, 15) is 9.18 Å². The lowest BCUT2D eigenvalue weighted by atomic mass is 9.96. The quantitative estimate of drug-likeness (QED) is 0.661. The lowest BCUT2D eigenvalue weighted by molar-refractivity contribution is 0.0700. The molecule has 3 aromatic heterocycles. The first-order valence-corrected chi connectivity index (χ1v) is 8.56. The summed E-state index contributed by atoms with van der Waals surface area (Å²) in [4.78, 5) is 22.1. The highest BCUT2D eigenvalue weighted by molar-refractivity contribution is 5.94. The molecule has 0 unspecified atom stereocenters. The van der Waals surface area contributed by atoms with Gasteiger partial charge in [-0.2, -0.15) is 9.49 Å². The van der Waals surface area contributed by atoms with Crippen molar-refractivity contribution in [3.8, 4) is 5.75 Å². The Labute approximate surface area is 155 Å². The third-order valence-electron chi connectivity index (χ3n) is 4.47. The number of ether oxygens (including phenoxy) is 1. The summed E-state index contributed by atoms with van der Waals surface area (Å²) in [5.41, 5.74) is 2.17. The lowest BCUT2D eigenvalue weighted by Crippen LogP contribution is -2.39. The number of aryl methyl sites for hydroxylation is 1. The third kappa shape index (κ3) is 3.64. The molecular formula is C19H18FN5O2. The van der Waals surface area contributed by atoms with E-state index in [0.717, 1.165) is 17.3 Å². The molecule has 0 spiro atoms. The zero-order chi connectivity index (χ0) is 18.8. The fraction of sp³-hybridized carbons (Fsp3) is 0.263. The maximum Gasteiger partial charge on any atom is 0.254 e. The van der Waals surface area contributed by atoms with Crippen LogP contribution in [0.2, 0.25) is 0 Å². The maximum atomic E-state index is 13.4. The van der Waals surface area contributed by atoms with Crippen LogP contribution in [0.1, 0.15) is 27.5 Å². The molecule has 1 atom stereocenters. The van der Waals surface area contributed by atoms with E-state index in [1.807, 2.05) is 19.3 Å². The van der Waals surface area contributed by atoms with E-state index in [4.69, 9.17) is 4.74 Å². The van der Waals surface area contributed by atoms with Crippen LogP contribution in [0.25, 0.3) is 0 Å². The molecule has 27 heavy (non-hydrogen) atoms. The SMILES string of the molecule is Cn1cc2c(n1)[C@H](COc1cccnc1)CN(C(=O)c1ccnc(F)c1)C2. The van der Waals surface area contributed by atoms with Crippen LogP contribution in [0.4, 0.5) is 4.39 Å². The van der Waals surface area contributed by atoms with Crippen molar-refractivity contribution < 1.29 is 13.9 Å². The number of carbonyl (C=O) groups is 1. The van der Waals surface area contributed by atoms with Crippen molar-refractivity contribution in [1.29, 1.82) is 0 Å². The number of amides is 1. The van der Waals surface area contributed by atoms with Gasteiger partial charge in [0, 0.05) is 55.9 Å². The second-order valence-electron chi connectivity index (χ2n) is 6.46. The molecule has 4 rings (SSSR count). The van der Waals surface area contributed by atoms with Crippen LogP contribution >= 0.6 is 0 Å². The Morgan fingerprint density at radius 3 is 3.04 bits per heavy atom. The minimum atomic E-state index is -0.670. The Balaban J connectivity index is 1.56. The van der Waals surface area contributed by atoms with Gasteiger partial charge in [0.2, 0.25) is 5.95 Å². The van der Waals surface area contributed by atoms with Crippen molar-refractivity contribution in [2.24, 2.45) is 7.05 Å². The maximum absolute atomic E-state index is 13.4. The standard InChI is InChI=1S/C19H18FN5O2/c1-24-9-14-10-25(19(26)13-4-6-22-17(20)7-13)11-15(18(14)23-24)12-27-16-3-2-5-21-8-16/h2-9,15H,10-12H2,1H3/t15-/m0/s1. The number of nitrogens with zero attached hydrogens (tertiary/aromatic N) is 5. The fourth-order valence-electron chi connectivity index (χ4n) is 3.28. The molecule has 0 saturated carbocycles. The first-order chi connectivity index (χ1) is 13.1. The second kappa shape index (κ2) is 7.14. The number of hydrogen-bond acceptors (Lipinski definition) is 5. The van der Waals surface area contributed by atoms with Gasteiger partial charge >= 0.3 is 0 Å². The number of hydrogen-bond donors (Lipinski definition) is 0. The largest absolute Gasteiger partial charge is 0.491 e. The minimum absolute atomic E-state index is 0.0919. The summed E-state index contributed by atoms with van der Waals surface area (Å²) in [5, 5.41) is 4.54. The first-order valence-electron chi connectivity index (χ1n) is 8.56. The first kappa shape index (κ1) is 17.1. The van der Waals surface area contributed by atoms with Gasteiger partial charge in [0.25, 0.3) is 5.91 Å². The Kier molecular flexibility index (Phi) is 4.53. The van der Waals surface area contributed by atoms with Crippen LogP contribution in [0.3, 0.4) is 0 Å². The van der Waals surface area contributed by atoms with Gasteiger partial charge in [0.15, 0.2) is 0 Å². The predicted octanol–water partition coefficient (Wildman–Crippen LogP) is 2.17. The van der Waals surface area contributed by atoms with Gasteiger partial charge in [0.1, 0.15) is 5.75 Å². The zero-order valence-electron chi connectivity index (χ0n) is 14.7. The van der Waals surface area contributed by atoms with E-state index in [2.05, 4.69) is 15.1 Å². The van der Waals surface area contributed by atoms with Crippen LogP contribution in [-0.4, -0.2) is 43.7 Å². The van der Waals surface area contributed by atoms with E-state index >= 15 is 0 Å². The summed E-state index contributed by atoms with van der Waals surface area (Å²) in [5.74, 6) is -0.339. The van der Waals surface area contributed by atoms with E-state index in [1.165, 1.54) is 12.3 Å². The molecule has 1 aliphatic heterocycles. The normalized spacial score (nSPS) is 16.1. The number of fused-ring (bicyclic) bond motifs is 1. The Bertz CT molecular complexity index is 960. The Hall–Kier alpha value is -3.29. The van der Waals surface area contributed by atoms with Gasteiger partial charge in [-0.1, -0.05) is 0 Å². The molecule has 4 heterocycles. The highest BCUT2D eigenvalue weighted by atomic mass is 19.1. The molecule has 0 N–H and O–H groups in total. The summed E-state index contributed by atoms with van der Waals surface area (Å²) < 4.78 is 21.0. The third-order valence-corrected chi connectivity index (χ3v) is 4.47. The van der Waals surface area contributed by atoms with Gasteiger partial charge < -0.3 is 9.64 Å². The van der Waals surface area contributed by atoms with Crippen LogP contribution in [0.15, 0.2) is 49.1 Å². The summed E-state index contributed by atoms with van der Waals surface area (Å²) in [6.07, 6.45) is 6.52. The molecule has 1 aliphatic rings. The van der Waals surface area contributed by atoms with Crippen molar-refractivity contribution in [3.63, 3.8) is 0 Å². The second-order valence-corrected chi connectivity index (χ2v) is 6.46.